The number of rotatable bonds is 9. The number of carbonyl (C=O) groups is 1. The third-order valence-corrected chi connectivity index (χ3v) is 6.17. The summed E-state index contributed by atoms with van der Waals surface area (Å²) in [5.74, 6) is 1.67. The summed E-state index contributed by atoms with van der Waals surface area (Å²) < 4.78 is 18.6. The summed E-state index contributed by atoms with van der Waals surface area (Å²) in [6, 6.07) is 6.07. The molecule has 7 nitrogen and oxygen atoms in total. The van der Waals surface area contributed by atoms with Crippen molar-refractivity contribution in [2.24, 2.45) is 4.99 Å². The van der Waals surface area contributed by atoms with Gasteiger partial charge in [0.05, 0.1) is 12.6 Å². The van der Waals surface area contributed by atoms with Gasteiger partial charge in [0.25, 0.3) is 0 Å². The minimum Gasteiger partial charge on any atom is -0.494 e. The number of aliphatic imine (C=N–C) groups is 1. The fourth-order valence-electron chi connectivity index (χ4n) is 4.22. The topological polar surface area (TPSA) is 60.4 Å². The SMILES string of the molecule is CCNC(=NCCCCOc1ccc(F)cc1)N1CCN(C(C)C(=O)N2CCCC2)CC1. The van der Waals surface area contributed by atoms with E-state index < -0.39 is 0 Å². The van der Waals surface area contributed by atoms with Crippen molar-refractivity contribution < 1.29 is 13.9 Å². The minimum absolute atomic E-state index is 0.0455. The van der Waals surface area contributed by atoms with Gasteiger partial charge in [0.2, 0.25) is 5.91 Å². The number of carbonyl (C=O) groups excluding carboxylic acids is 1. The monoisotopic (exact) mass is 447 g/mol. The van der Waals surface area contributed by atoms with Crippen LogP contribution in [0.15, 0.2) is 29.3 Å². The number of hydrogen-bond donors (Lipinski definition) is 1. The zero-order chi connectivity index (χ0) is 22.8. The molecule has 1 atom stereocenters. The minimum atomic E-state index is -0.254. The highest BCUT2D eigenvalue weighted by atomic mass is 19.1. The van der Waals surface area contributed by atoms with Crippen LogP contribution in [0.3, 0.4) is 0 Å². The zero-order valence-corrected chi connectivity index (χ0v) is 19.6. The number of halogens is 1. The summed E-state index contributed by atoms with van der Waals surface area (Å²) in [5, 5.41) is 3.40. The fraction of sp³-hybridized carbons (Fsp3) is 0.667. The van der Waals surface area contributed by atoms with Crippen LogP contribution < -0.4 is 10.1 Å². The zero-order valence-electron chi connectivity index (χ0n) is 19.6. The Bertz CT molecular complexity index is 728. The molecule has 1 unspecified atom stereocenters. The summed E-state index contributed by atoms with van der Waals surface area (Å²) >= 11 is 0. The van der Waals surface area contributed by atoms with E-state index in [4.69, 9.17) is 9.73 Å². The molecule has 2 saturated heterocycles. The molecule has 178 valence electrons. The lowest BCUT2D eigenvalue weighted by Crippen LogP contribution is -2.57. The molecular formula is C24H38FN5O2. The van der Waals surface area contributed by atoms with E-state index in [-0.39, 0.29) is 17.8 Å². The molecule has 32 heavy (non-hydrogen) atoms. The molecule has 1 aromatic rings. The Labute approximate surface area is 191 Å². The first-order valence-corrected chi connectivity index (χ1v) is 12.0. The Morgan fingerprint density at radius 1 is 1.06 bits per heavy atom. The normalized spacial score (nSPS) is 18.7. The second kappa shape index (κ2) is 12.6. The molecule has 2 aliphatic rings. The molecule has 1 aromatic carbocycles. The summed E-state index contributed by atoms with van der Waals surface area (Å²) in [6.45, 7) is 11.6. The van der Waals surface area contributed by atoms with Crippen LogP contribution in [0.5, 0.6) is 5.75 Å². The van der Waals surface area contributed by atoms with Gasteiger partial charge in [-0.3, -0.25) is 14.7 Å². The predicted octanol–water partition coefficient (Wildman–Crippen LogP) is 2.58. The second-order valence-corrected chi connectivity index (χ2v) is 8.48. The first kappa shape index (κ1) is 24.3. The molecule has 0 spiro atoms. The van der Waals surface area contributed by atoms with Gasteiger partial charge in [-0.1, -0.05) is 0 Å². The standard InChI is InChI=1S/C24H38FN5O2/c1-3-26-24(27-12-4-7-19-32-22-10-8-21(25)9-11-22)30-17-15-28(16-18-30)20(2)23(31)29-13-5-6-14-29/h8-11,20H,3-7,12-19H2,1-2H3,(H,26,27). The van der Waals surface area contributed by atoms with Gasteiger partial charge in [-0.05, 0) is 63.8 Å². The number of hydrogen-bond acceptors (Lipinski definition) is 4. The number of nitrogens with zero attached hydrogens (tertiary/aromatic N) is 4. The first-order valence-electron chi connectivity index (χ1n) is 12.0. The van der Waals surface area contributed by atoms with Crippen LogP contribution in [0.4, 0.5) is 4.39 Å². The largest absolute Gasteiger partial charge is 0.494 e. The van der Waals surface area contributed by atoms with Gasteiger partial charge in [0, 0.05) is 52.4 Å². The number of guanidine groups is 1. The fourth-order valence-corrected chi connectivity index (χ4v) is 4.22. The van der Waals surface area contributed by atoms with E-state index in [0.29, 0.717) is 12.4 Å². The van der Waals surface area contributed by atoms with Crippen LogP contribution in [-0.2, 0) is 4.79 Å². The summed E-state index contributed by atoms with van der Waals surface area (Å²) in [5.41, 5.74) is 0. The predicted molar refractivity (Wildman–Crippen MR) is 126 cm³/mol. The van der Waals surface area contributed by atoms with E-state index in [1.807, 2.05) is 11.8 Å². The lowest BCUT2D eigenvalue weighted by Gasteiger charge is -2.39. The van der Waals surface area contributed by atoms with Crippen LogP contribution >= 0.6 is 0 Å². The van der Waals surface area contributed by atoms with Gasteiger partial charge in [-0.25, -0.2) is 4.39 Å². The Hall–Kier alpha value is -2.35. The smallest absolute Gasteiger partial charge is 0.239 e. The average Bonchev–Trinajstić information content (AvgIpc) is 3.36. The van der Waals surface area contributed by atoms with E-state index in [2.05, 4.69) is 22.0 Å². The Kier molecular flexibility index (Phi) is 9.59. The summed E-state index contributed by atoms with van der Waals surface area (Å²) in [7, 11) is 0. The van der Waals surface area contributed by atoms with E-state index in [0.717, 1.165) is 84.0 Å². The average molecular weight is 448 g/mol. The maximum Gasteiger partial charge on any atom is 0.239 e. The van der Waals surface area contributed by atoms with E-state index in [1.54, 1.807) is 12.1 Å². The van der Waals surface area contributed by atoms with Crippen LogP contribution in [0.25, 0.3) is 0 Å². The summed E-state index contributed by atoms with van der Waals surface area (Å²) in [6.07, 6.45) is 4.09. The van der Waals surface area contributed by atoms with Crippen molar-refractivity contribution in [3.8, 4) is 5.75 Å². The Morgan fingerprint density at radius 3 is 2.41 bits per heavy atom. The van der Waals surface area contributed by atoms with Gasteiger partial charge in [-0.2, -0.15) is 0 Å². The van der Waals surface area contributed by atoms with Crippen molar-refractivity contribution in [1.82, 2.24) is 20.0 Å². The van der Waals surface area contributed by atoms with Gasteiger partial charge >= 0.3 is 0 Å². The van der Waals surface area contributed by atoms with Crippen LogP contribution in [-0.4, -0.2) is 91.6 Å². The van der Waals surface area contributed by atoms with Gasteiger partial charge < -0.3 is 19.9 Å². The van der Waals surface area contributed by atoms with E-state index in [9.17, 15) is 9.18 Å². The number of ether oxygens (including phenoxy) is 1. The first-order chi connectivity index (χ1) is 15.6. The maximum absolute atomic E-state index is 12.9. The lowest BCUT2D eigenvalue weighted by atomic mass is 10.2. The molecule has 2 fully saturated rings. The van der Waals surface area contributed by atoms with Crippen molar-refractivity contribution in [3.63, 3.8) is 0 Å². The van der Waals surface area contributed by atoms with Gasteiger partial charge in [-0.15, -0.1) is 0 Å². The molecule has 0 radical (unpaired) electrons. The van der Waals surface area contributed by atoms with Crippen molar-refractivity contribution in [3.05, 3.63) is 30.1 Å². The lowest BCUT2D eigenvalue weighted by molar-refractivity contribution is -0.135. The second-order valence-electron chi connectivity index (χ2n) is 8.48. The van der Waals surface area contributed by atoms with Crippen molar-refractivity contribution in [1.29, 1.82) is 0 Å². The highest BCUT2D eigenvalue weighted by Crippen LogP contribution is 2.14. The number of nitrogens with one attached hydrogen (secondary N) is 1. The number of amides is 1. The molecule has 3 rings (SSSR count). The Morgan fingerprint density at radius 2 is 1.75 bits per heavy atom. The van der Waals surface area contributed by atoms with Crippen LogP contribution in [0, 0.1) is 5.82 Å². The molecule has 1 N–H and O–H groups in total. The highest BCUT2D eigenvalue weighted by Gasteiger charge is 2.30. The van der Waals surface area contributed by atoms with Crippen LogP contribution in [0.1, 0.15) is 39.5 Å². The molecule has 1 amide bonds. The van der Waals surface area contributed by atoms with Crippen molar-refractivity contribution >= 4 is 11.9 Å². The van der Waals surface area contributed by atoms with Crippen molar-refractivity contribution in [2.75, 3.05) is 59.0 Å². The molecule has 0 aliphatic carbocycles. The molecule has 2 aliphatic heterocycles. The molecule has 2 heterocycles. The molecule has 0 bridgehead atoms. The van der Waals surface area contributed by atoms with Crippen molar-refractivity contribution in [2.45, 2.75) is 45.6 Å². The highest BCUT2D eigenvalue weighted by molar-refractivity contribution is 5.82. The van der Waals surface area contributed by atoms with Gasteiger partial charge in [0.1, 0.15) is 11.6 Å². The van der Waals surface area contributed by atoms with Gasteiger partial charge in [0.15, 0.2) is 5.96 Å². The third-order valence-electron chi connectivity index (χ3n) is 6.17. The van der Waals surface area contributed by atoms with E-state index >= 15 is 0 Å². The number of piperazine rings is 1. The summed E-state index contributed by atoms with van der Waals surface area (Å²) in [4.78, 5) is 24.1. The Balaban J connectivity index is 1.38. The molecule has 0 saturated carbocycles. The molecule has 0 aromatic heterocycles. The molecule has 8 heteroatoms. The quantitative estimate of drug-likeness (QED) is 0.358. The van der Waals surface area contributed by atoms with E-state index in [1.165, 1.54) is 12.1 Å². The maximum atomic E-state index is 12.9. The number of unbranched alkanes of at least 4 members (excludes halogenated alkanes) is 1. The molecular weight excluding hydrogens is 409 g/mol. The van der Waals surface area contributed by atoms with Crippen LogP contribution in [0.2, 0.25) is 0 Å². The number of likely N-dealkylation sites (tertiary alicyclic amines) is 1. The number of benzene rings is 1. The third kappa shape index (κ3) is 7.08.